The quantitative estimate of drug-likeness (QED) is 0.399. The first-order chi connectivity index (χ1) is 17.1. The minimum absolute atomic E-state index is 0. The number of nitrogens with one attached hydrogen (secondary N) is 2. The van der Waals surface area contributed by atoms with Gasteiger partial charge in [0.15, 0.2) is 0 Å². The van der Waals surface area contributed by atoms with Crippen LogP contribution < -0.4 is 9.44 Å². The zero-order chi connectivity index (χ0) is 26.8. The summed E-state index contributed by atoms with van der Waals surface area (Å²) in [6, 6.07) is 8.42. The van der Waals surface area contributed by atoms with E-state index in [2.05, 4.69) is 46.7 Å². The van der Waals surface area contributed by atoms with Crippen molar-refractivity contribution in [1.29, 1.82) is 0 Å². The summed E-state index contributed by atoms with van der Waals surface area (Å²) in [5.41, 5.74) is 3.67. The standard InChI is InChI=1S/C25H41N3O4S2.C2H6.2H2/c1-20(2)33(29,30)27-19-21(3)23-11-13-25(14-12-23)24-9-7-22(8-10-24)15-16-26-34(31,32)28-17-5-4-6-18-28;1-2;;/h7-10,13,20-21,23,26-27H,4-6,11-12,14-19H2,1-3H3;1-2H3;2*1H. The monoisotopic (exact) mass is 545 g/mol. The molecule has 0 aromatic heterocycles. The van der Waals surface area contributed by atoms with Crippen LogP contribution >= 0.6 is 0 Å². The van der Waals surface area contributed by atoms with Crippen molar-refractivity contribution in [1.82, 2.24) is 13.7 Å². The molecule has 1 aromatic rings. The van der Waals surface area contributed by atoms with Gasteiger partial charge in [0.1, 0.15) is 0 Å². The average molecular weight is 546 g/mol. The molecule has 0 spiro atoms. The first-order valence-electron chi connectivity index (χ1n) is 13.6. The van der Waals surface area contributed by atoms with Crippen molar-refractivity contribution in [2.75, 3.05) is 26.2 Å². The summed E-state index contributed by atoms with van der Waals surface area (Å²) >= 11 is 0. The number of rotatable bonds is 11. The van der Waals surface area contributed by atoms with Crippen molar-refractivity contribution in [3.63, 3.8) is 0 Å². The Morgan fingerprint density at radius 2 is 1.61 bits per heavy atom. The molecule has 0 saturated carbocycles. The Kier molecular flexibility index (Phi) is 12.6. The van der Waals surface area contributed by atoms with Crippen molar-refractivity contribution < 1.29 is 19.7 Å². The van der Waals surface area contributed by atoms with Gasteiger partial charge in [0, 0.05) is 29.0 Å². The molecule has 0 radical (unpaired) electrons. The first kappa shape index (κ1) is 31.0. The number of piperidine rings is 1. The second-order valence-electron chi connectivity index (χ2n) is 9.99. The van der Waals surface area contributed by atoms with E-state index in [1.807, 2.05) is 13.8 Å². The third-order valence-electron chi connectivity index (χ3n) is 7.16. The molecule has 2 N–H and O–H groups in total. The molecule has 210 valence electrons. The Bertz CT molecular complexity index is 1040. The number of sulfonamides is 1. The predicted octanol–water partition coefficient (Wildman–Crippen LogP) is 5.22. The van der Waals surface area contributed by atoms with Crippen LogP contribution in [0.15, 0.2) is 30.3 Å². The highest BCUT2D eigenvalue weighted by Gasteiger charge is 2.24. The van der Waals surface area contributed by atoms with Crippen LogP contribution in [0.5, 0.6) is 0 Å². The van der Waals surface area contributed by atoms with Crippen LogP contribution in [0.2, 0.25) is 0 Å². The molecule has 1 fully saturated rings. The molecule has 36 heavy (non-hydrogen) atoms. The largest absolute Gasteiger partial charge is 0.279 e. The molecule has 2 atom stereocenters. The van der Waals surface area contributed by atoms with Gasteiger partial charge in [0.2, 0.25) is 10.0 Å². The van der Waals surface area contributed by atoms with Crippen molar-refractivity contribution in [3.05, 3.63) is 41.5 Å². The van der Waals surface area contributed by atoms with Crippen LogP contribution in [0.3, 0.4) is 0 Å². The zero-order valence-electron chi connectivity index (χ0n) is 22.8. The molecular formula is C27H51N3O4S2. The van der Waals surface area contributed by atoms with Crippen molar-refractivity contribution in [3.8, 4) is 0 Å². The van der Waals surface area contributed by atoms with E-state index in [0.717, 1.165) is 44.1 Å². The Hall–Kier alpha value is -1.26. The highest BCUT2D eigenvalue weighted by Crippen LogP contribution is 2.34. The first-order valence-corrected chi connectivity index (χ1v) is 16.6. The molecule has 1 saturated heterocycles. The molecule has 1 aliphatic heterocycles. The molecule has 2 aliphatic rings. The van der Waals surface area contributed by atoms with Gasteiger partial charge < -0.3 is 0 Å². The second kappa shape index (κ2) is 14.6. The summed E-state index contributed by atoms with van der Waals surface area (Å²) in [5, 5.41) is -0.407. The van der Waals surface area contributed by atoms with Gasteiger partial charge in [-0.05, 0) is 80.9 Å². The molecular weight excluding hydrogens is 494 g/mol. The van der Waals surface area contributed by atoms with Gasteiger partial charge in [-0.2, -0.15) is 12.7 Å². The van der Waals surface area contributed by atoms with Gasteiger partial charge in [-0.15, -0.1) is 0 Å². The molecule has 3 rings (SSSR count). The molecule has 0 bridgehead atoms. The van der Waals surface area contributed by atoms with Gasteiger partial charge in [0.25, 0.3) is 10.2 Å². The zero-order valence-corrected chi connectivity index (χ0v) is 24.4. The highest BCUT2D eigenvalue weighted by molar-refractivity contribution is 7.90. The summed E-state index contributed by atoms with van der Waals surface area (Å²) in [6.07, 6.45) is 8.94. The molecule has 9 heteroatoms. The Balaban J connectivity index is 0.00000334. The summed E-state index contributed by atoms with van der Waals surface area (Å²) in [6.45, 7) is 11.6. The van der Waals surface area contributed by atoms with Crippen LogP contribution in [0.25, 0.3) is 5.57 Å². The Morgan fingerprint density at radius 1 is 0.972 bits per heavy atom. The van der Waals surface area contributed by atoms with Crippen molar-refractivity contribution in [2.45, 2.75) is 84.8 Å². The minimum atomic E-state index is -3.37. The van der Waals surface area contributed by atoms with Crippen LogP contribution in [0.4, 0.5) is 0 Å². The van der Waals surface area contributed by atoms with Crippen molar-refractivity contribution >= 4 is 25.8 Å². The predicted molar refractivity (Wildman–Crippen MR) is 155 cm³/mol. The van der Waals surface area contributed by atoms with E-state index in [4.69, 9.17) is 0 Å². The average Bonchev–Trinajstić information content (AvgIpc) is 2.89. The fourth-order valence-electron chi connectivity index (χ4n) is 4.62. The van der Waals surface area contributed by atoms with Gasteiger partial charge in [-0.3, -0.25) is 0 Å². The molecule has 1 heterocycles. The maximum absolute atomic E-state index is 12.4. The van der Waals surface area contributed by atoms with Crippen LogP contribution in [-0.4, -0.2) is 52.6 Å². The number of nitrogens with zero attached hydrogens (tertiary/aromatic N) is 1. The summed E-state index contributed by atoms with van der Waals surface area (Å²) in [7, 11) is -6.59. The topological polar surface area (TPSA) is 95.6 Å². The van der Waals surface area contributed by atoms with Gasteiger partial charge in [-0.1, -0.05) is 57.5 Å². The minimum Gasteiger partial charge on any atom is -0.215 e. The van der Waals surface area contributed by atoms with E-state index in [9.17, 15) is 16.8 Å². The fourth-order valence-corrected chi connectivity index (χ4v) is 6.73. The molecule has 1 aromatic carbocycles. The van der Waals surface area contributed by atoms with E-state index in [-0.39, 0.29) is 2.85 Å². The Labute approximate surface area is 223 Å². The summed E-state index contributed by atoms with van der Waals surface area (Å²) < 4.78 is 55.9. The van der Waals surface area contributed by atoms with Gasteiger partial charge >= 0.3 is 0 Å². The lowest BCUT2D eigenvalue weighted by Crippen LogP contribution is -2.43. The number of benzene rings is 1. The van der Waals surface area contributed by atoms with Crippen molar-refractivity contribution in [2.24, 2.45) is 11.8 Å². The van der Waals surface area contributed by atoms with E-state index in [1.54, 1.807) is 18.2 Å². The van der Waals surface area contributed by atoms with E-state index in [1.165, 1.54) is 11.1 Å². The van der Waals surface area contributed by atoms with E-state index >= 15 is 0 Å². The SMILES string of the molecule is CC.CC(CNS(=O)(=O)C(C)C)C1CC=C(c2ccc(CCNS(=O)(=O)N3CCCCC3)cc2)CC1.[HH].[HH]. The lowest BCUT2D eigenvalue weighted by Gasteiger charge is -2.28. The molecule has 7 nitrogen and oxygen atoms in total. The fraction of sp³-hybridized carbons (Fsp3) is 0.704. The maximum Gasteiger partial charge on any atom is 0.279 e. The number of allylic oxidation sites excluding steroid dienone is 2. The maximum atomic E-state index is 12.4. The molecule has 1 aliphatic carbocycles. The van der Waals surface area contributed by atoms with Crippen LogP contribution in [0, 0.1) is 11.8 Å². The lowest BCUT2D eigenvalue weighted by molar-refractivity contribution is 0.334. The summed E-state index contributed by atoms with van der Waals surface area (Å²) in [5.74, 6) is 0.772. The van der Waals surface area contributed by atoms with E-state index in [0.29, 0.717) is 44.4 Å². The normalized spacial score (nSPS) is 20.4. The lowest BCUT2D eigenvalue weighted by atomic mass is 9.80. The summed E-state index contributed by atoms with van der Waals surface area (Å²) in [4.78, 5) is 0. The van der Waals surface area contributed by atoms with E-state index < -0.39 is 25.5 Å². The molecule has 2 unspecified atom stereocenters. The Morgan fingerprint density at radius 3 is 2.17 bits per heavy atom. The third-order valence-corrected chi connectivity index (χ3v) is 10.6. The van der Waals surface area contributed by atoms with Crippen LogP contribution in [0.1, 0.15) is 87.1 Å². The second-order valence-corrected chi connectivity index (χ2v) is 14.1. The van der Waals surface area contributed by atoms with Gasteiger partial charge in [0.05, 0.1) is 5.25 Å². The highest BCUT2D eigenvalue weighted by atomic mass is 32.2. The third kappa shape index (κ3) is 9.24. The number of hydrogen-bond donors (Lipinski definition) is 2. The smallest absolute Gasteiger partial charge is 0.215 e. The number of hydrogen-bond acceptors (Lipinski definition) is 4. The van der Waals surface area contributed by atoms with Gasteiger partial charge in [-0.25, -0.2) is 17.9 Å². The van der Waals surface area contributed by atoms with Crippen LogP contribution in [-0.2, 0) is 26.7 Å². The molecule has 0 amide bonds.